The van der Waals surface area contributed by atoms with E-state index in [1.807, 2.05) is 0 Å². The molecule has 0 aliphatic carbocycles. The minimum Gasteiger partial charge on any atom is -0.481 e. The molecule has 0 aromatic rings. The number of aliphatic carboxylic acids is 1. The Balaban J connectivity index is 3.14. The molecule has 5 heteroatoms. The number of carboxylic acids is 1. The SMILES string of the molecule is NOC(=O)CCCCC(=O)O. The largest absolute Gasteiger partial charge is 0.481 e. The van der Waals surface area contributed by atoms with Crippen LogP contribution in [0.1, 0.15) is 25.7 Å². The van der Waals surface area contributed by atoms with E-state index in [0.717, 1.165) is 0 Å². The Morgan fingerprint density at radius 2 is 1.82 bits per heavy atom. The predicted octanol–water partition coefficient (Wildman–Crippen LogP) is 0.0483. The van der Waals surface area contributed by atoms with E-state index >= 15 is 0 Å². The van der Waals surface area contributed by atoms with Crippen LogP contribution in [-0.4, -0.2) is 17.0 Å². The highest BCUT2D eigenvalue weighted by molar-refractivity contribution is 5.69. The van der Waals surface area contributed by atoms with Gasteiger partial charge >= 0.3 is 11.9 Å². The van der Waals surface area contributed by atoms with Gasteiger partial charge in [0.25, 0.3) is 0 Å². The summed E-state index contributed by atoms with van der Waals surface area (Å²) in [5, 5.41) is 8.20. The molecule has 0 unspecified atom stereocenters. The maximum absolute atomic E-state index is 10.4. The zero-order valence-corrected chi connectivity index (χ0v) is 6.08. The topological polar surface area (TPSA) is 89.6 Å². The molecule has 0 bridgehead atoms. The van der Waals surface area contributed by atoms with Crippen molar-refractivity contribution in [1.82, 2.24) is 0 Å². The Kier molecular flexibility index (Phi) is 5.10. The quantitative estimate of drug-likeness (QED) is 0.439. The van der Waals surface area contributed by atoms with Gasteiger partial charge in [0.05, 0.1) is 0 Å². The van der Waals surface area contributed by atoms with Crippen LogP contribution in [0, 0.1) is 0 Å². The molecule has 0 aliphatic rings. The van der Waals surface area contributed by atoms with Gasteiger partial charge in [0, 0.05) is 12.8 Å². The van der Waals surface area contributed by atoms with Crippen molar-refractivity contribution in [2.75, 3.05) is 0 Å². The summed E-state index contributed by atoms with van der Waals surface area (Å²) in [6.07, 6.45) is 1.24. The van der Waals surface area contributed by atoms with E-state index in [4.69, 9.17) is 5.11 Å². The Hall–Kier alpha value is -1.10. The first-order valence-corrected chi connectivity index (χ1v) is 3.28. The average Bonchev–Trinajstić information content (AvgIpc) is 1.97. The third-order valence-corrected chi connectivity index (χ3v) is 1.15. The molecule has 0 amide bonds. The zero-order chi connectivity index (χ0) is 8.69. The van der Waals surface area contributed by atoms with E-state index in [0.29, 0.717) is 12.8 Å². The molecular formula is C6H11NO4. The maximum Gasteiger partial charge on any atom is 0.324 e. The van der Waals surface area contributed by atoms with E-state index in [2.05, 4.69) is 10.7 Å². The third-order valence-electron chi connectivity index (χ3n) is 1.15. The lowest BCUT2D eigenvalue weighted by Gasteiger charge is -1.95. The zero-order valence-electron chi connectivity index (χ0n) is 6.08. The van der Waals surface area contributed by atoms with Gasteiger partial charge in [-0.3, -0.25) is 9.59 Å². The number of hydrogen-bond acceptors (Lipinski definition) is 4. The van der Waals surface area contributed by atoms with Gasteiger partial charge in [-0.05, 0) is 12.8 Å². The highest BCUT2D eigenvalue weighted by atomic mass is 16.7. The number of carbonyl (C=O) groups is 2. The number of unbranched alkanes of at least 4 members (excludes halogenated alkanes) is 1. The van der Waals surface area contributed by atoms with Gasteiger partial charge < -0.3 is 9.94 Å². The summed E-state index contributed by atoms with van der Waals surface area (Å²) in [7, 11) is 0. The number of hydrogen-bond donors (Lipinski definition) is 2. The normalized spacial score (nSPS) is 9.18. The van der Waals surface area contributed by atoms with Gasteiger partial charge in [0.1, 0.15) is 0 Å². The fourth-order valence-electron chi connectivity index (χ4n) is 0.604. The molecular weight excluding hydrogens is 150 g/mol. The molecule has 0 fully saturated rings. The van der Waals surface area contributed by atoms with Crippen LogP contribution >= 0.6 is 0 Å². The third kappa shape index (κ3) is 6.79. The summed E-state index contributed by atoms with van der Waals surface area (Å²) in [5.41, 5.74) is 0. The Morgan fingerprint density at radius 3 is 2.27 bits per heavy atom. The van der Waals surface area contributed by atoms with E-state index in [1.165, 1.54) is 0 Å². The lowest BCUT2D eigenvalue weighted by atomic mass is 10.2. The molecule has 0 rings (SSSR count). The van der Waals surface area contributed by atoms with Crippen molar-refractivity contribution in [3.8, 4) is 0 Å². The van der Waals surface area contributed by atoms with E-state index in [-0.39, 0.29) is 12.8 Å². The van der Waals surface area contributed by atoms with Crippen molar-refractivity contribution in [1.29, 1.82) is 0 Å². The molecule has 0 atom stereocenters. The Labute approximate surface area is 64.1 Å². The van der Waals surface area contributed by atoms with Crippen LogP contribution < -0.4 is 5.90 Å². The second-order valence-corrected chi connectivity index (χ2v) is 2.09. The van der Waals surface area contributed by atoms with Crippen LogP contribution in [0.4, 0.5) is 0 Å². The van der Waals surface area contributed by atoms with Crippen LogP contribution in [0.2, 0.25) is 0 Å². The van der Waals surface area contributed by atoms with Gasteiger partial charge in [-0.25, -0.2) is 0 Å². The van der Waals surface area contributed by atoms with Gasteiger partial charge in [-0.2, -0.15) is 5.90 Å². The lowest BCUT2D eigenvalue weighted by molar-refractivity contribution is -0.144. The van der Waals surface area contributed by atoms with Gasteiger partial charge in [0.2, 0.25) is 0 Å². The van der Waals surface area contributed by atoms with E-state index in [9.17, 15) is 9.59 Å². The fourth-order valence-corrected chi connectivity index (χ4v) is 0.604. The highest BCUT2D eigenvalue weighted by Crippen LogP contribution is 1.99. The summed E-state index contributed by atoms with van der Waals surface area (Å²) in [6.45, 7) is 0. The molecule has 0 radical (unpaired) electrons. The van der Waals surface area contributed by atoms with Crippen LogP contribution in [0.3, 0.4) is 0 Å². The lowest BCUT2D eigenvalue weighted by Crippen LogP contribution is -2.09. The van der Waals surface area contributed by atoms with Crippen molar-refractivity contribution >= 4 is 11.9 Å². The monoisotopic (exact) mass is 161 g/mol. The van der Waals surface area contributed by atoms with Gasteiger partial charge in [-0.1, -0.05) is 0 Å². The van der Waals surface area contributed by atoms with E-state index in [1.54, 1.807) is 0 Å². The van der Waals surface area contributed by atoms with Crippen LogP contribution in [0.15, 0.2) is 0 Å². The fraction of sp³-hybridized carbons (Fsp3) is 0.667. The van der Waals surface area contributed by atoms with Crippen molar-refractivity contribution in [2.45, 2.75) is 25.7 Å². The Bertz CT molecular complexity index is 146. The first-order chi connectivity index (χ1) is 5.16. The minimum absolute atomic E-state index is 0.0812. The number of rotatable bonds is 5. The summed E-state index contributed by atoms with van der Waals surface area (Å²) in [6, 6.07) is 0. The smallest absolute Gasteiger partial charge is 0.324 e. The van der Waals surface area contributed by atoms with Crippen molar-refractivity contribution < 1.29 is 19.5 Å². The van der Waals surface area contributed by atoms with Crippen LogP contribution in [-0.2, 0) is 14.4 Å². The summed E-state index contributed by atoms with van der Waals surface area (Å²) >= 11 is 0. The van der Waals surface area contributed by atoms with Gasteiger partial charge in [-0.15, -0.1) is 0 Å². The molecule has 0 aromatic heterocycles. The molecule has 11 heavy (non-hydrogen) atoms. The molecule has 0 saturated heterocycles. The van der Waals surface area contributed by atoms with E-state index < -0.39 is 11.9 Å². The second-order valence-electron chi connectivity index (χ2n) is 2.09. The molecule has 0 aromatic carbocycles. The first-order valence-electron chi connectivity index (χ1n) is 3.28. The van der Waals surface area contributed by atoms with Crippen LogP contribution in [0.5, 0.6) is 0 Å². The molecule has 64 valence electrons. The second kappa shape index (κ2) is 5.67. The minimum atomic E-state index is -0.855. The number of carboxylic acid groups (broad SMARTS) is 1. The Morgan fingerprint density at radius 1 is 1.27 bits per heavy atom. The van der Waals surface area contributed by atoms with Crippen molar-refractivity contribution in [2.24, 2.45) is 5.90 Å². The average molecular weight is 161 g/mol. The molecule has 0 heterocycles. The standard InChI is InChI=1S/C6H11NO4/c7-11-6(10)4-2-1-3-5(8)9/h1-4,7H2,(H,8,9). The summed E-state index contributed by atoms with van der Waals surface area (Å²) in [5.74, 6) is 3.19. The summed E-state index contributed by atoms with van der Waals surface area (Å²) in [4.78, 5) is 24.2. The number of nitrogens with two attached hydrogens (primary N) is 1. The molecule has 0 aliphatic heterocycles. The first kappa shape index (κ1) is 9.90. The van der Waals surface area contributed by atoms with Crippen molar-refractivity contribution in [3.63, 3.8) is 0 Å². The molecule has 5 nitrogen and oxygen atoms in total. The molecule has 0 spiro atoms. The maximum atomic E-state index is 10.4. The molecule has 0 saturated carbocycles. The van der Waals surface area contributed by atoms with Crippen LogP contribution in [0.25, 0.3) is 0 Å². The van der Waals surface area contributed by atoms with Gasteiger partial charge in [0.15, 0.2) is 0 Å². The molecule has 3 N–H and O–H groups in total. The van der Waals surface area contributed by atoms with Crippen molar-refractivity contribution in [3.05, 3.63) is 0 Å². The highest BCUT2D eigenvalue weighted by Gasteiger charge is 2.01. The number of carbonyl (C=O) groups excluding carboxylic acids is 1. The predicted molar refractivity (Wildman–Crippen MR) is 36.4 cm³/mol. The summed E-state index contributed by atoms with van der Waals surface area (Å²) < 4.78 is 0.